The van der Waals surface area contributed by atoms with Crippen molar-refractivity contribution in [3.8, 4) is 11.3 Å². The second kappa shape index (κ2) is 7.46. The topological polar surface area (TPSA) is 70.1 Å². The molecule has 0 atom stereocenters. The highest BCUT2D eigenvalue weighted by Gasteiger charge is 2.24. The Kier molecular flexibility index (Phi) is 4.32. The van der Waals surface area contributed by atoms with Gasteiger partial charge in [-0.15, -0.1) is 0 Å². The lowest BCUT2D eigenvalue weighted by Crippen LogP contribution is -2.20. The number of fused-ring (bicyclic) bond motifs is 5. The van der Waals surface area contributed by atoms with E-state index < -0.39 is 0 Å². The summed E-state index contributed by atoms with van der Waals surface area (Å²) in [5, 5.41) is 16.1. The largest absolute Gasteiger partial charge is 0.289 e. The van der Waals surface area contributed by atoms with E-state index in [1.165, 1.54) is 5.56 Å². The number of rotatable bonds is 3. The monoisotopic (exact) mass is 416 g/mol. The van der Waals surface area contributed by atoms with Gasteiger partial charge in [0.2, 0.25) is 0 Å². The van der Waals surface area contributed by atoms with Gasteiger partial charge in [-0.2, -0.15) is 10.2 Å². The van der Waals surface area contributed by atoms with E-state index in [4.69, 9.17) is 0 Å². The minimum absolute atomic E-state index is 0.279. The van der Waals surface area contributed by atoms with E-state index in [1.807, 2.05) is 36.4 Å². The first-order valence-corrected chi connectivity index (χ1v) is 10.7. The molecule has 5 nitrogen and oxygen atoms in total. The lowest BCUT2D eigenvalue weighted by atomic mass is 9.89. The zero-order valence-electron chi connectivity index (χ0n) is 17.3. The maximum Gasteiger partial charge on any atom is 0.289 e. The Morgan fingerprint density at radius 2 is 1.59 bits per heavy atom. The third kappa shape index (κ3) is 2.98. The highest BCUT2D eigenvalue weighted by molar-refractivity contribution is 6.13. The minimum Gasteiger partial charge on any atom is -0.272 e. The van der Waals surface area contributed by atoms with Gasteiger partial charge in [-0.25, -0.2) is 5.43 Å². The second-order valence-electron chi connectivity index (χ2n) is 8.01. The van der Waals surface area contributed by atoms with Crippen molar-refractivity contribution in [2.75, 3.05) is 0 Å². The Morgan fingerprint density at radius 1 is 0.906 bits per heavy atom. The molecule has 1 aromatic heterocycles. The number of aromatic nitrogens is 2. The Bertz CT molecular complexity index is 1480. The van der Waals surface area contributed by atoms with Crippen LogP contribution in [-0.4, -0.2) is 22.3 Å². The van der Waals surface area contributed by atoms with Gasteiger partial charge in [0.15, 0.2) is 0 Å². The van der Waals surface area contributed by atoms with Crippen molar-refractivity contribution in [3.05, 3.63) is 101 Å². The summed E-state index contributed by atoms with van der Waals surface area (Å²) in [5.74, 6) is -0.279. The summed E-state index contributed by atoms with van der Waals surface area (Å²) >= 11 is 0. The van der Waals surface area contributed by atoms with Gasteiger partial charge in [-0.3, -0.25) is 9.89 Å². The highest BCUT2D eigenvalue weighted by atomic mass is 16.2. The number of aromatic amines is 1. The van der Waals surface area contributed by atoms with Crippen LogP contribution in [0.4, 0.5) is 0 Å². The molecule has 0 unspecified atom stereocenters. The fourth-order valence-corrected chi connectivity index (χ4v) is 4.65. The molecule has 1 aliphatic rings. The molecule has 5 heteroatoms. The average molecular weight is 416 g/mol. The molecule has 4 aromatic carbocycles. The number of benzene rings is 4. The van der Waals surface area contributed by atoms with Crippen LogP contribution in [0.3, 0.4) is 0 Å². The van der Waals surface area contributed by atoms with Gasteiger partial charge in [0.05, 0.1) is 11.9 Å². The summed E-state index contributed by atoms with van der Waals surface area (Å²) in [7, 11) is 0. The van der Waals surface area contributed by atoms with E-state index in [-0.39, 0.29) is 5.91 Å². The minimum atomic E-state index is -0.279. The number of hydrazone groups is 1. The number of nitrogens with zero attached hydrogens (tertiary/aromatic N) is 2. The lowest BCUT2D eigenvalue weighted by Gasteiger charge is -2.15. The van der Waals surface area contributed by atoms with Crippen LogP contribution < -0.4 is 5.43 Å². The molecule has 0 aliphatic heterocycles. The van der Waals surface area contributed by atoms with Gasteiger partial charge in [0, 0.05) is 16.7 Å². The van der Waals surface area contributed by atoms with Crippen molar-refractivity contribution < 1.29 is 4.79 Å². The molecule has 0 fully saturated rings. The molecule has 1 aliphatic carbocycles. The quantitative estimate of drug-likeness (QED) is 0.240. The molecule has 5 aromatic rings. The Labute approximate surface area is 184 Å². The zero-order valence-corrected chi connectivity index (χ0v) is 17.3. The van der Waals surface area contributed by atoms with Crippen molar-refractivity contribution in [3.63, 3.8) is 0 Å². The number of H-pyrrole nitrogens is 1. The van der Waals surface area contributed by atoms with Crippen LogP contribution in [0.15, 0.2) is 84.0 Å². The van der Waals surface area contributed by atoms with Gasteiger partial charge in [-0.05, 0) is 46.0 Å². The number of amides is 1. The van der Waals surface area contributed by atoms with Gasteiger partial charge in [0.25, 0.3) is 5.91 Å². The van der Waals surface area contributed by atoms with Gasteiger partial charge in [0.1, 0.15) is 5.69 Å². The maximum atomic E-state index is 12.9. The molecule has 2 N–H and O–H groups in total. The maximum absolute atomic E-state index is 12.9. The van der Waals surface area contributed by atoms with E-state index in [1.54, 1.807) is 6.21 Å². The first-order valence-electron chi connectivity index (χ1n) is 10.7. The van der Waals surface area contributed by atoms with Crippen LogP contribution in [0.5, 0.6) is 0 Å². The van der Waals surface area contributed by atoms with Crippen LogP contribution >= 0.6 is 0 Å². The van der Waals surface area contributed by atoms with E-state index in [2.05, 4.69) is 63.2 Å². The van der Waals surface area contributed by atoms with Crippen LogP contribution in [0.25, 0.3) is 32.8 Å². The molecule has 1 heterocycles. The molecule has 0 saturated heterocycles. The fraction of sp³-hybridized carbons (Fsp3) is 0.0741. The predicted octanol–water partition coefficient (Wildman–Crippen LogP) is 5.25. The summed E-state index contributed by atoms with van der Waals surface area (Å²) in [6.07, 6.45) is 3.41. The third-order valence-electron chi connectivity index (χ3n) is 6.18. The standard InChI is InChI=1S/C27H20N4O/c32-27(26-23-14-13-17-7-1-6-12-22(17)25(23)29-30-26)31-28-16-24-20-10-4-2-8-18(20)15-19-9-3-5-11-21(19)24/h1-12,15-16H,13-14H2,(H,29,30)(H,31,32)/b28-16-. The fourth-order valence-electron chi connectivity index (χ4n) is 4.65. The molecule has 32 heavy (non-hydrogen) atoms. The van der Waals surface area contributed by atoms with Crippen LogP contribution in [0.2, 0.25) is 0 Å². The molecule has 0 radical (unpaired) electrons. The summed E-state index contributed by atoms with van der Waals surface area (Å²) in [6, 6.07) is 26.8. The van der Waals surface area contributed by atoms with Gasteiger partial charge < -0.3 is 0 Å². The summed E-state index contributed by atoms with van der Waals surface area (Å²) < 4.78 is 0. The summed E-state index contributed by atoms with van der Waals surface area (Å²) in [5.41, 5.74) is 8.33. The Balaban J connectivity index is 1.33. The predicted molar refractivity (Wildman–Crippen MR) is 128 cm³/mol. The Hall–Kier alpha value is -4.25. The van der Waals surface area contributed by atoms with Crippen molar-refractivity contribution in [2.45, 2.75) is 12.8 Å². The van der Waals surface area contributed by atoms with E-state index in [0.29, 0.717) is 5.69 Å². The SMILES string of the molecule is O=C(N/N=C\c1c2ccccc2cc2ccccc12)c1[nH]nc2c1CCc1ccccc1-2. The van der Waals surface area contributed by atoms with Crippen LogP contribution in [0.1, 0.15) is 27.2 Å². The zero-order chi connectivity index (χ0) is 21.5. The molecule has 0 spiro atoms. The van der Waals surface area contributed by atoms with Crippen molar-refractivity contribution >= 4 is 33.7 Å². The molecule has 0 bridgehead atoms. The van der Waals surface area contributed by atoms with Crippen LogP contribution in [-0.2, 0) is 12.8 Å². The molecular weight excluding hydrogens is 396 g/mol. The third-order valence-corrected chi connectivity index (χ3v) is 6.18. The number of hydrogen-bond donors (Lipinski definition) is 2. The molecule has 154 valence electrons. The first-order chi connectivity index (χ1) is 15.8. The number of aryl methyl sites for hydroxylation is 1. The second-order valence-corrected chi connectivity index (χ2v) is 8.01. The highest BCUT2D eigenvalue weighted by Crippen LogP contribution is 2.33. The molecule has 6 rings (SSSR count). The Morgan fingerprint density at radius 3 is 2.38 bits per heavy atom. The van der Waals surface area contributed by atoms with E-state index >= 15 is 0 Å². The molecular formula is C27H20N4O. The number of carbonyl (C=O) groups is 1. The van der Waals surface area contributed by atoms with Gasteiger partial charge >= 0.3 is 0 Å². The van der Waals surface area contributed by atoms with E-state index in [0.717, 1.165) is 56.8 Å². The van der Waals surface area contributed by atoms with Crippen molar-refractivity contribution in [1.82, 2.24) is 15.6 Å². The van der Waals surface area contributed by atoms with E-state index in [9.17, 15) is 4.79 Å². The molecule has 0 saturated carbocycles. The molecule has 1 amide bonds. The lowest BCUT2D eigenvalue weighted by molar-refractivity contribution is 0.0949. The number of carbonyl (C=O) groups excluding carboxylic acids is 1. The smallest absolute Gasteiger partial charge is 0.272 e. The average Bonchev–Trinajstić information content (AvgIpc) is 3.28. The van der Waals surface area contributed by atoms with Crippen molar-refractivity contribution in [2.24, 2.45) is 5.10 Å². The van der Waals surface area contributed by atoms with Crippen molar-refractivity contribution in [1.29, 1.82) is 0 Å². The number of nitrogens with one attached hydrogen (secondary N) is 2. The number of hydrogen-bond acceptors (Lipinski definition) is 3. The summed E-state index contributed by atoms with van der Waals surface area (Å²) in [6.45, 7) is 0. The summed E-state index contributed by atoms with van der Waals surface area (Å²) in [4.78, 5) is 12.9. The normalized spacial score (nSPS) is 12.8. The van der Waals surface area contributed by atoms with Crippen LogP contribution in [0, 0.1) is 0 Å². The first kappa shape index (κ1) is 18.5. The van der Waals surface area contributed by atoms with Gasteiger partial charge in [-0.1, -0.05) is 72.8 Å².